The van der Waals surface area contributed by atoms with Gasteiger partial charge in [-0.05, 0) is 18.1 Å². The Labute approximate surface area is 101 Å². The predicted molar refractivity (Wildman–Crippen MR) is 67.4 cm³/mol. The van der Waals surface area contributed by atoms with Crippen LogP contribution >= 0.6 is 7.82 Å². The molecule has 1 aromatic carbocycles. The van der Waals surface area contributed by atoms with Crippen molar-refractivity contribution >= 4 is 13.5 Å². The molecule has 17 heavy (non-hydrogen) atoms. The minimum absolute atomic E-state index is 0.929. The third-order valence-electron chi connectivity index (χ3n) is 1.80. The molecule has 0 aliphatic rings. The molecular weight excluding hydrogens is 243 g/mol. The van der Waals surface area contributed by atoms with Crippen molar-refractivity contribution in [1.82, 2.24) is 5.43 Å². The highest BCUT2D eigenvalue weighted by molar-refractivity contribution is 7.45. The zero-order valence-corrected chi connectivity index (χ0v) is 10.8. The molecule has 0 spiro atoms. The molecule has 5 N–H and O–H groups in total. The lowest BCUT2D eigenvalue weighted by Crippen LogP contribution is -2.21. The van der Waals surface area contributed by atoms with E-state index in [4.69, 9.17) is 19.2 Å². The van der Waals surface area contributed by atoms with Gasteiger partial charge >= 0.3 is 7.82 Å². The standard InChI is InChI=1S/C10H16N2.H3O4P/c1-3-9-7-5-6-8-10(9)12-11-4-2;1-5(2,3)4/h5-8,11-12H,3-4H2,1-2H3;(H3,1,2,3,4). The maximum absolute atomic E-state index is 8.88. The number of nitrogens with one attached hydrogen (secondary N) is 2. The lowest BCUT2D eigenvalue weighted by atomic mass is 10.1. The molecule has 98 valence electrons. The Balaban J connectivity index is 0.000000437. The van der Waals surface area contributed by atoms with Crippen LogP contribution in [-0.4, -0.2) is 21.2 Å². The molecule has 6 nitrogen and oxygen atoms in total. The first-order valence-electron chi connectivity index (χ1n) is 5.23. The van der Waals surface area contributed by atoms with Gasteiger partial charge in [-0.3, -0.25) is 0 Å². The van der Waals surface area contributed by atoms with Crippen LogP contribution in [-0.2, 0) is 11.0 Å². The SMILES string of the molecule is CCNNc1ccccc1CC.O=P(O)(O)O. The van der Waals surface area contributed by atoms with E-state index in [1.165, 1.54) is 11.3 Å². The maximum atomic E-state index is 8.88. The van der Waals surface area contributed by atoms with Gasteiger partial charge in [-0.25, -0.2) is 9.99 Å². The molecule has 0 aromatic heterocycles. The monoisotopic (exact) mass is 262 g/mol. The van der Waals surface area contributed by atoms with E-state index < -0.39 is 7.82 Å². The Morgan fingerprint density at radius 3 is 2.18 bits per heavy atom. The van der Waals surface area contributed by atoms with Crippen LogP contribution < -0.4 is 10.9 Å². The van der Waals surface area contributed by atoms with Gasteiger partial charge in [-0.15, -0.1) is 0 Å². The third kappa shape index (κ3) is 9.99. The summed E-state index contributed by atoms with van der Waals surface area (Å²) in [5.41, 5.74) is 8.78. The van der Waals surface area contributed by atoms with Gasteiger partial charge in [0.15, 0.2) is 0 Å². The Morgan fingerprint density at radius 1 is 1.18 bits per heavy atom. The molecule has 0 saturated carbocycles. The van der Waals surface area contributed by atoms with E-state index in [1.54, 1.807) is 0 Å². The Morgan fingerprint density at radius 2 is 1.71 bits per heavy atom. The molecule has 0 bridgehead atoms. The van der Waals surface area contributed by atoms with E-state index in [0.29, 0.717) is 0 Å². The first-order chi connectivity index (χ1) is 7.88. The van der Waals surface area contributed by atoms with Gasteiger partial charge in [-0.1, -0.05) is 32.0 Å². The van der Waals surface area contributed by atoms with E-state index in [1.807, 2.05) is 6.07 Å². The van der Waals surface area contributed by atoms with Crippen molar-refractivity contribution < 1.29 is 19.2 Å². The predicted octanol–water partition coefficient (Wildman–Crippen LogP) is 1.26. The Hall–Kier alpha value is -0.910. The van der Waals surface area contributed by atoms with Crippen molar-refractivity contribution in [2.75, 3.05) is 12.0 Å². The largest absolute Gasteiger partial charge is 0.466 e. The van der Waals surface area contributed by atoms with Crippen molar-refractivity contribution in [1.29, 1.82) is 0 Å². The quantitative estimate of drug-likeness (QED) is 0.413. The number of hydrogen-bond acceptors (Lipinski definition) is 3. The van der Waals surface area contributed by atoms with Gasteiger partial charge in [0.05, 0.1) is 5.69 Å². The number of anilines is 1. The van der Waals surface area contributed by atoms with Gasteiger partial charge in [0.2, 0.25) is 0 Å². The summed E-state index contributed by atoms with van der Waals surface area (Å²) in [6.45, 7) is 5.16. The molecule has 0 aliphatic carbocycles. The number of para-hydroxylation sites is 1. The van der Waals surface area contributed by atoms with Crippen molar-refractivity contribution in [3.05, 3.63) is 29.8 Å². The third-order valence-corrected chi connectivity index (χ3v) is 1.80. The number of rotatable bonds is 4. The van der Waals surface area contributed by atoms with Gasteiger partial charge < -0.3 is 20.1 Å². The minimum atomic E-state index is -4.64. The van der Waals surface area contributed by atoms with Crippen LogP contribution in [0.25, 0.3) is 0 Å². The number of phosphoric acid groups is 1. The first kappa shape index (κ1) is 16.1. The Kier molecular flexibility index (Phi) is 7.78. The van der Waals surface area contributed by atoms with E-state index in [9.17, 15) is 0 Å². The summed E-state index contributed by atoms with van der Waals surface area (Å²) in [6.07, 6.45) is 1.06. The number of benzene rings is 1. The fourth-order valence-corrected chi connectivity index (χ4v) is 1.13. The topological polar surface area (TPSA) is 102 Å². The van der Waals surface area contributed by atoms with Crippen molar-refractivity contribution in [3.63, 3.8) is 0 Å². The van der Waals surface area contributed by atoms with Crippen LogP contribution in [0.3, 0.4) is 0 Å². The van der Waals surface area contributed by atoms with Gasteiger partial charge in [0, 0.05) is 6.54 Å². The summed E-state index contributed by atoms with van der Waals surface area (Å²) < 4.78 is 8.88. The zero-order chi connectivity index (χ0) is 13.3. The number of hydrazine groups is 1. The second kappa shape index (κ2) is 8.22. The van der Waals surface area contributed by atoms with Crippen LogP contribution in [0.2, 0.25) is 0 Å². The van der Waals surface area contributed by atoms with Crippen LogP contribution in [0.5, 0.6) is 0 Å². The molecule has 7 heteroatoms. The fourth-order valence-electron chi connectivity index (χ4n) is 1.13. The normalized spacial score (nSPS) is 10.4. The zero-order valence-electron chi connectivity index (χ0n) is 9.92. The lowest BCUT2D eigenvalue weighted by Gasteiger charge is -2.09. The second-order valence-corrected chi connectivity index (χ2v) is 4.21. The van der Waals surface area contributed by atoms with Gasteiger partial charge in [0.25, 0.3) is 0 Å². The second-order valence-electron chi connectivity index (χ2n) is 3.18. The molecule has 0 unspecified atom stereocenters. The number of hydrogen-bond donors (Lipinski definition) is 5. The summed E-state index contributed by atoms with van der Waals surface area (Å²) in [7, 11) is -4.64. The highest BCUT2D eigenvalue weighted by Crippen LogP contribution is 2.25. The van der Waals surface area contributed by atoms with E-state index in [2.05, 4.69) is 42.9 Å². The average molecular weight is 262 g/mol. The molecule has 0 atom stereocenters. The molecule has 0 saturated heterocycles. The van der Waals surface area contributed by atoms with Gasteiger partial charge in [0.1, 0.15) is 0 Å². The average Bonchev–Trinajstić information content (AvgIpc) is 2.24. The van der Waals surface area contributed by atoms with E-state index in [0.717, 1.165) is 13.0 Å². The van der Waals surface area contributed by atoms with Crippen molar-refractivity contribution in [2.45, 2.75) is 20.3 Å². The van der Waals surface area contributed by atoms with Crippen molar-refractivity contribution in [3.8, 4) is 0 Å². The summed E-state index contributed by atoms with van der Waals surface area (Å²) in [6, 6.07) is 8.33. The van der Waals surface area contributed by atoms with Gasteiger partial charge in [-0.2, -0.15) is 0 Å². The van der Waals surface area contributed by atoms with E-state index >= 15 is 0 Å². The summed E-state index contributed by atoms with van der Waals surface area (Å²) >= 11 is 0. The molecule has 1 aromatic rings. The fraction of sp³-hybridized carbons (Fsp3) is 0.400. The smallest absolute Gasteiger partial charge is 0.321 e. The van der Waals surface area contributed by atoms with Crippen molar-refractivity contribution in [2.24, 2.45) is 0 Å². The lowest BCUT2D eigenvalue weighted by molar-refractivity contribution is 0.275. The Bertz CT molecular complexity index is 359. The minimum Gasteiger partial charge on any atom is -0.321 e. The highest BCUT2D eigenvalue weighted by atomic mass is 31.2. The van der Waals surface area contributed by atoms with Crippen LogP contribution in [0, 0.1) is 0 Å². The van der Waals surface area contributed by atoms with Crippen LogP contribution in [0.4, 0.5) is 5.69 Å². The molecule has 0 radical (unpaired) electrons. The number of aryl methyl sites for hydroxylation is 1. The molecule has 0 amide bonds. The molecule has 0 aliphatic heterocycles. The molecule has 1 rings (SSSR count). The van der Waals surface area contributed by atoms with E-state index in [-0.39, 0.29) is 0 Å². The highest BCUT2D eigenvalue weighted by Gasteiger charge is 2.00. The summed E-state index contributed by atoms with van der Waals surface area (Å²) in [5.74, 6) is 0. The molecule has 0 fully saturated rings. The maximum Gasteiger partial charge on any atom is 0.466 e. The summed E-state index contributed by atoms with van der Waals surface area (Å²) in [4.78, 5) is 21.6. The van der Waals surface area contributed by atoms with Crippen LogP contribution in [0.1, 0.15) is 19.4 Å². The molecule has 0 heterocycles. The first-order valence-corrected chi connectivity index (χ1v) is 6.80. The summed E-state index contributed by atoms with van der Waals surface area (Å²) in [5, 5.41) is 0. The molecular formula is C10H19N2O4P. The van der Waals surface area contributed by atoms with Crippen LogP contribution in [0.15, 0.2) is 24.3 Å².